The molecule has 0 heterocycles. The quantitative estimate of drug-likeness (QED) is 0.748. The molecule has 2 atom stereocenters. The highest BCUT2D eigenvalue weighted by atomic mass is 32.2. The molecule has 0 rings (SSSR count). The van der Waals surface area contributed by atoms with E-state index in [1.165, 1.54) is 6.08 Å². The highest BCUT2D eigenvalue weighted by Gasteiger charge is 2.23. The van der Waals surface area contributed by atoms with Crippen LogP contribution in [0.3, 0.4) is 0 Å². The van der Waals surface area contributed by atoms with Gasteiger partial charge in [0.25, 0.3) is 0 Å². The van der Waals surface area contributed by atoms with Gasteiger partial charge < -0.3 is 5.73 Å². The normalized spacial score (nSPS) is 19.1. The van der Waals surface area contributed by atoms with Crippen LogP contribution in [0.1, 0.15) is 40.0 Å². The molecule has 0 fully saturated rings. The molecule has 2 nitrogen and oxygen atoms in total. The molecule has 0 aliphatic carbocycles. The van der Waals surface area contributed by atoms with Crippen molar-refractivity contribution in [3.05, 3.63) is 11.9 Å². The Morgan fingerprint density at radius 2 is 2.14 bits per heavy atom. The van der Waals surface area contributed by atoms with Crippen molar-refractivity contribution in [2.24, 2.45) is 5.73 Å². The van der Waals surface area contributed by atoms with Crippen LogP contribution in [0.25, 0.3) is 0 Å². The lowest BCUT2D eigenvalue weighted by Crippen LogP contribution is -2.40. The summed E-state index contributed by atoms with van der Waals surface area (Å²) in [5.41, 5.74) is 5.76. The minimum Gasteiger partial charge on any atom is -0.312 e. The van der Waals surface area contributed by atoms with Crippen molar-refractivity contribution >= 4 is 10.8 Å². The Bertz CT molecular complexity index is 226. The second-order valence-electron chi connectivity index (χ2n) is 3.53. The number of unbranched alkanes of at least 4 members (excludes halogenated alkanes) is 1. The molecule has 84 valence electrons. The van der Waals surface area contributed by atoms with E-state index in [1.807, 2.05) is 6.92 Å². The van der Waals surface area contributed by atoms with Crippen LogP contribution in [0.5, 0.6) is 0 Å². The minimum atomic E-state index is -1.19. The minimum absolute atomic E-state index is 0.292. The molecule has 0 saturated carbocycles. The lowest BCUT2D eigenvalue weighted by Gasteiger charge is -2.19. The van der Waals surface area contributed by atoms with E-state index in [1.54, 1.807) is 13.8 Å². The van der Waals surface area contributed by atoms with Gasteiger partial charge in [0.1, 0.15) is 4.87 Å². The number of halogens is 1. The summed E-state index contributed by atoms with van der Waals surface area (Å²) in [7, 11) is -1.19. The van der Waals surface area contributed by atoms with E-state index in [2.05, 4.69) is 0 Å². The number of rotatable bonds is 6. The van der Waals surface area contributed by atoms with E-state index in [0.717, 1.165) is 12.8 Å². The molecular formula is C10H20FNOS. The third-order valence-corrected chi connectivity index (χ3v) is 3.71. The predicted molar refractivity (Wildman–Crippen MR) is 60.0 cm³/mol. The fourth-order valence-corrected chi connectivity index (χ4v) is 2.22. The lowest BCUT2D eigenvalue weighted by atomic mass is 10.3. The fourth-order valence-electron chi connectivity index (χ4n) is 0.974. The van der Waals surface area contributed by atoms with Crippen molar-refractivity contribution in [1.29, 1.82) is 0 Å². The molecular weight excluding hydrogens is 201 g/mol. The summed E-state index contributed by atoms with van der Waals surface area (Å²) >= 11 is 0. The topological polar surface area (TPSA) is 43.1 Å². The fraction of sp³-hybridized carbons (Fsp3) is 0.800. The van der Waals surface area contributed by atoms with E-state index >= 15 is 0 Å². The van der Waals surface area contributed by atoms with Gasteiger partial charge in [-0.2, -0.15) is 0 Å². The van der Waals surface area contributed by atoms with Crippen molar-refractivity contribution in [2.45, 2.75) is 44.9 Å². The van der Waals surface area contributed by atoms with Crippen molar-refractivity contribution in [1.82, 2.24) is 0 Å². The highest BCUT2D eigenvalue weighted by Crippen LogP contribution is 2.15. The summed E-state index contributed by atoms with van der Waals surface area (Å²) in [6.07, 6.45) is 3.42. The molecule has 0 bridgehead atoms. The summed E-state index contributed by atoms with van der Waals surface area (Å²) in [6, 6.07) is 0. The van der Waals surface area contributed by atoms with Crippen LogP contribution in [0.15, 0.2) is 11.9 Å². The Balaban J connectivity index is 4.37. The monoisotopic (exact) mass is 221 g/mol. The Hall–Kier alpha value is -0.220. The average molecular weight is 221 g/mol. The van der Waals surface area contributed by atoms with Gasteiger partial charge in [0.15, 0.2) is 0 Å². The maximum atomic E-state index is 13.0. The number of allylic oxidation sites excluding steroid dienone is 1. The summed E-state index contributed by atoms with van der Waals surface area (Å²) in [5.74, 6) is 0.247. The maximum Gasteiger partial charge on any atom is 0.110 e. The van der Waals surface area contributed by atoms with Crippen LogP contribution >= 0.6 is 0 Å². The van der Waals surface area contributed by atoms with Gasteiger partial charge in [0.05, 0.1) is 5.83 Å². The van der Waals surface area contributed by atoms with Crippen LogP contribution in [-0.4, -0.2) is 14.8 Å². The molecule has 0 aliphatic heterocycles. The van der Waals surface area contributed by atoms with E-state index in [-0.39, 0.29) is 5.83 Å². The van der Waals surface area contributed by atoms with Gasteiger partial charge in [0.2, 0.25) is 0 Å². The van der Waals surface area contributed by atoms with Gasteiger partial charge in [0, 0.05) is 16.6 Å². The molecule has 2 N–H and O–H groups in total. The highest BCUT2D eigenvalue weighted by molar-refractivity contribution is 7.86. The molecule has 0 saturated heterocycles. The second-order valence-corrected chi connectivity index (χ2v) is 5.51. The van der Waals surface area contributed by atoms with Gasteiger partial charge in [-0.15, -0.1) is 0 Å². The van der Waals surface area contributed by atoms with E-state index in [0.29, 0.717) is 12.2 Å². The number of hydrogen-bond acceptors (Lipinski definition) is 2. The third kappa shape index (κ3) is 4.86. The molecule has 0 aromatic rings. The third-order valence-electron chi connectivity index (χ3n) is 1.95. The molecule has 0 aliphatic rings. The largest absolute Gasteiger partial charge is 0.312 e. The zero-order valence-corrected chi connectivity index (χ0v) is 9.99. The summed E-state index contributed by atoms with van der Waals surface area (Å²) in [4.78, 5) is -1.03. The van der Waals surface area contributed by atoms with Crippen LogP contribution in [0, 0.1) is 0 Å². The van der Waals surface area contributed by atoms with Gasteiger partial charge >= 0.3 is 0 Å². The standard InChI is InChI=1S/C10H20FNOS/c1-4-6-7-14(13)10(3,12)8-9(11)5-2/h8H,4-7,12H2,1-3H3/b9-8+/t10?,14-/m0/s1. The molecule has 0 aromatic heterocycles. The summed E-state index contributed by atoms with van der Waals surface area (Å²) in [5, 5.41) is 0. The van der Waals surface area contributed by atoms with Crippen LogP contribution in [-0.2, 0) is 10.8 Å². The molecule has 0 amide bonds. The van der Waals surface area contributed by atoms with Crippen LogP contribution < -0.4 is 5.73 Å². The van der Waals surface area contributed by atoms with Crippen LogP contribution in [0.4, 0.5) is 4.39 Å². The molecule has 14 heavy (non-hydrogen) atoms. The molecule has 0 radical (unpaired) electrons. The second kappa shape index (κ2) is 6.30. The average Bonchev–Trinajstić information content (AvgIpc) is 2.13. The molecule has 0 aromatic carbocycles. The van der Waals surface area contributed by atoms with Crippen molar-refractivity contribution in [2.75, 3.05) is 5.75 Å². The predicted octanol–water partition coefficient (Wildman–Crippen LogP) is 2.47. The smallest absolute Gasteiger partial charge is 0.110 e. The van der Waals surface area contributed by atoms with Crippen molar-refractivity contribution < 1.29 is 8.60 Å². The first-order valence-corrected chi connectivity index (χ1v) is 6.30. The van der Waals surface area contributed by atoms with E-state index < -0.39 is 15.7 Å². The van der Waals surface area contributed by atoms with Crippen molar-refractivity contribution in [3.63, 3.8) is 0 Å². The van der Waals surface area contributed by atoms with Gasteiger partial charge in [-0.3, -0.25) is 4.21 Å². The first kappa shape index (κ1) is 13.8. The zero-order valence-electron chi connectivity index (χ0n) is 9.18. The lowest BCUT2D eigenvalue weighted by molar-refractivity contribution is 0.583. The van der Waals surface area contributed by atoms with Crippen LogP contribution in [0.2, 0.25) is 0 Å². The number of hydrogen-bond donors (Lipinski definition) is 1. The Kier molecular flexibility index (Phi) is 6.20. The zero-order chi connectivity index (χ0) is 11.2. The van der Waals surface area contributed by atoms with Gasteiger partial charge in [-0.1, -0.05) is 20.3 Å². The summed E-state index contributed by atoms with van der Waals surface area (Å²) in [6.45, 7) is 5.33. The maximum absolute atomic E-state index is 13.0. The summed E-state index contributed by atoms with van der Waals surface area (Å²) < 4.78 is 24.6. The number of nitrogens with two attached hydrogens (primary N) is 1. The van der Waals surface area contributed by atoms with Gasteiger partial charge in [-0.05, 0) is 25.8 Å². The van der Waals surface area contributed by atoms with E-state index in [9.17, 15) is 8.60 Å². The Morgan fingerprint density at radius 3 is 2.57 bits per heavy atom. The Morgan fingerprint density at radius 1 is 1.57 bits per heavy atom. The molecule has 1 unspecified atom stereocenters. The van der Waals surface area contributed by atoms with Gasteiger partial charge in [-0.25, -0.2) is 4.39 Å². The first-order chi connectivity index (χ1) is 6.44. The molecule has 4 heteroatoms. The SMILES string of the molecule is CCCC[S@](=O)C(C)(N)/C=C(/F)CC. The van der Waals surface area contributed by atoms with Crippen molar-refractivity contribution in [3.8, 4) is 0 Å². The Labute approximate surface area is 88.2 Å². The molecule has 0 spiro atoms. The first-order valence-electron chi connectivity index (χ1n) is 4.98. The van der Waals surface area contributed by atoms with E-state index in [4.69, 9.17) is 5.73 Å².